The minimum absolute atomic E-state index is 0. The fourth-order valence-corrected chi connectivity index (χ4v) is 5.59. The van der Waals surface area contributed by atoms with Gasteiger partial charge in [0.15, 0.2) is 0 Å². The Morgan fingerprint density at radius 3 is 2.16 bits per heavy atom. The molecule has 0 aliphatic carbocycles. The largest absolute Gasteiger partial charge is 0.380 e. The molecule has 221 valence electrons. The molecule has 0 atom stereocenters. The summed E-state index contributed by atoms with van der Waals surface area (Å²) in [5.41, 5.74) is 11.4. The van der Waals surface area contributed by atoms with Crippen molar-refractivity contribution < 1.29 is 20.1 Å². The van der Waals surface area contributed by atoms with Crippen molar-refractivity contribution in [3.63, 3.8) is 0 Å². The number of nitrogens with zero attached hydrogens (tertiary/aromatic N) is 3. The number of pyridine rings is 2. The van der Waals surface area contributed by atoms with E-state index in [1.807, 2.05) is 60.9 Å². The van der Waals surface area contributed by atoms with Gasteiger partial charge in [-0.15, -0.1) is 59.7 Å². The van der Waals surface area contributed by atoms with Crippen molar-refractivity contribution in [3.8, 4) is 33.6 Å². The molecule has 0 unspecified atom stereocenters. The zero-order valence-electron chi connectivity index (χ0n) is 25.5. The maximum absolute atomic E-state index is 4.64. The summed E-state index contributed by atoms with van der Waals surface area (Å²) in [6, 6.07) is 44.1. The van der Waals surface area contributed by atoms with Gasteiger partial charge in [-0.25, -0.2) is 0 Å². The van der Waals surface area contributed by atoms with Gasteiger partial charge in [-0.2, -0.15) is 0 Å². The molecule has 0 aliphatic heterocycles. The number of para-hydroxylation sites is 1. The maximum atomic E-state index is 4.64. The molecule has 44 heavy (non-hydrogen) atoms. The molecule has 0 N–H and O–H groups in total. The van der Waals surface area contributed by atoms with Gasteiger partial charge in [0, 0.05) is 50.1 Å². The number of rotatable bonds is 5. The average molecular weight is 750 g/mol. The molecule has 1 radical (unpaired) electrons. The molecule has 3 heterocycles. The molecular weight excluding hydrogens is 715 g/mol. The van der Waals surface area contributed by atoms with Crippen LogP contribution in [0.1, 0.15) is 25.0 Å². The summed E-state index contributed by atoms with van der Waals surface area (Å²) >= 11 is 0. The van der Waals surface area contributed by atoms with Crippen molar-refractivity contribution in [2.45, 2.75) is 34.2 Å². The first kappa shape index (κ1) is 31.1. The minimum Gasteiger partial charge on any atom is -0.380 e. The van der Waals surface area contributed by atoms with Crippen molar-refractivity contribution in [1.82, 2.24) is 14.5 Å². The van der Waals surface area contributed by atoms with Crippen LogP contribution in [0.15, 0.2) is 122 Å². The molecule has 0 saturated carbocycles. The predicted octanol–water partition coefficient (Wildman–Crippen LogP) is 10.1. The first-order valence-electron chi connectivity index (χ1n) is 14.8. The predicted molar refractivity (Wildman–Crippen MR) is 180 cm³/mol. The number of benzene rings is 4. The third-order valence-corrected chi connectivity index (χ3v) is 7.62. The van der Waals surface area contributed by atoms with Gasteiger partial charge in [-0.05, 0) is 64.8 Å². The molecule has 7 aromatic rings. The molecule has 4 heteroatoms. The van der Waals surface area contributed by atoms with E-state index < -0.39 is 0 Å². The average Bonchev–Trinajstić information content (AvgIpc) is 3.36. The molecule has 3 nitrogen and oxygen atoms in total. The van der Waals surface area contributed by atoms with Gasteiger partial charge in [0.25, 0.3) is 0 Å². The molecule has 0 amide bonds. The zero-order valence-corrected chi connectivity index (χ0v) is 27.9. The summed E-state index contributed by atoms with van der Waals surface area (Å²) in [6.07, 6.45) is 3.87. The van der Waals surface area contributed by atoms with Gasteiger partial charge >= 0.3 is 0 Å². The third kappa shape index (κ3) is 6.57. The molecular formula is C40H35IrN3-2. The van der Waals surface area contributed by atoms with Crippen LogP contribution < -0.4 is 0 Å². The van der Waals surface area contributed by atoms with Crippen LogP contribution in [-0.2, 0) is 26.7 Å². The number of aryl methyl sites for hydroxylation is 2. The topological polar surface area (TPSA) is 30.7 Å². The quantitative estimate of drug-likeness (QED) is 0.164. The third-order valence-electron chi connectivity index (χ3n) is 7.62. The Hall–Kier alpha value is -4.37. The second-order valence-electron chi connectivity index (χ2n) is 11.4. The van der Waals surface area contributed by atoms with Crippen molar-refractivity contribution in [1.29, 1.82) is 0 Å². The van der Waals surface area contributed by atoms with E-state index in [1.54, 1.807) is 0 Å². The Kier molecular flexibility index (Phi) is 9.85. The Balaban J connectivity index is 0.000000175. The standard InChI is InChI=1S/C22H21N2.C18H14N.Ir/c1-15(2)14-24-21-10-5-4-7-17(21)18-8-6-9-19(22(18)24)20-12-11-16(3)13-23-20;1-14-12-18(16-10-6-3-7-11-16)19-13-17(14)15-8-4-2-5-9-15;/h4-8,10-13,15H,14H2,1-3H3;2-10,12-13H,1H3;/q2*-1;. The van der Waals surface area contributed by atoms with E-state index in [9.17, 15) is 0 Å². The van der Waals surface area contributed by atoms with Crippen molar-refractivity contribution in [2.24, 2.45) is 5.92 Å². The van der Waals surface area contributed by atoms with Crippen LogP contribution in [0.5, 0.6) is 0 Å². The van der Waals surface area contributed by atoms with Crippen molar-refractivity contribution in [3.05, 3.63) is 145 Å². The first-order valence-corrected chi connectivity index (χ1v) is 14.8. The summed E-state index contributed by atoms with van der Waals surface area (Å²) in [5, 5.41) is 2.58. The van der Waals surface area contributed by atoms with Crippen LogP contribution in [0.3, 0.4) is 0 Å². The Bertz CT molecular complexity index is 1980. The van der Waals surface area contributed by atoms with E-state index in [0.717, 1.165) is 29.1 Å². The fourth-order valence-electron chi connectivity index (χ4n) is 5.59. The van der Waals surface area contributed by atoms with Gasteiger partial charge in [-0.3, -0.25) is 0 Å². The number of hydrogen-bond donors (Lipinski definition) is 0. The normalized spacial score (nSPS) is 10.8. The molecule has 7 rings (SSSR count). The van der Waals surface area contributed by atoms with Crippen molar-refractivity contribution in [2.75, 3.05) is 0 Å². The molecule has 0 spiro atoms. The summed E-state index contributed by atoms with van der Waals surface area (Å²) in [6.45, 7) is 9.70. The number of hydrogen-bond acceptors (Lipinski definition) is 2. The van der Waals surface area contributed by atoms with E-state index in [4.69, 9.17) is 0 Å². The summed E-state index contributed by atoms with van der Waals surface area (Å²) in [7, 11) is 0. The van der Waals surface area contributed by atoms with Crippen LogP contribution in [0.25, 0.3) is 55.4 Å². The summed E-state index contributed by atoms with van der Waals surface area (Å²) < 4.78 is 2.43. The number of fused-ring (bicyclic) bond motifs is 3. The van der Waals surface area contributed by atoms with Crippen LogP contribution in [-0.4, -0.2) is 14.5 Å². The SMILES string of the molecule is Cc1cc(-c2[c-]cccc2)ncc1-c1ccccc1.Cc1ccc(-c2[c-]ccc3c4ccccc4n(CC(C)C)c23)nc1.[Ir]. The van der Waals surface area contributed by atoms with Crippen LogP contribution in [0.2, 0.25) is 0 Å². The van der Waals surface area contributed by atoms with Crippen LogP contribution >= 0.6 is 0 Å². The fraction of sp³-hybridized carbons (Fsp3) is 0.150. The molecule has 0 bridgehead atoms. The second-order valence-corrected chi connectivity index (χ2v) is 11.4. The Morgan fingerprint density at radius 2 is 1.45 bits per heavy atom. The van der Waals surface area contributed by atoms with E-state index >= 15 is 0 Å². The molecule has 0 aliphatic rings. The van der Waals surface area contributed by atoms with Gasteiger partial charge in [-0.1, -0.05) is 86.0 Å². The van der Waals surface area contributed by atoms with E-state index in [0.29, 0.717) is 5.92 Å². The van der Waals surface area contributed by atoms with Gasteiger partial charge < -0.3 is 14.5 Å². The second kappa shape index (κ2) is 13.9. The minimum atomic E-state index is 0. The Morgan fingerprint density at radius 1 is 0.705 bits per heavy atom. The molecule has 0 saturated heterocycles. The Labute approximate surface area is 274 Å². The van der Waals surface area contributed by atoms with Crippen LogP contribution in [0.4, 0.5) is 0 Å². The molecule has 4 aromatic carbocycles. The number of aromatic nitrogens is 3. The van der Waals surface area contributed by atoms with Gasteiger partial charge in [0.1, 0.15) is 0 Å². The monoisotopic (exact) mass is 750 g/mol. The first-order chi connectivity index (χ1) is 21.0. The summed E-state index contributed by atoms with van der Waals surface area (Å²) in [4.78, 5) is 9.20. The summed E-state index contributed by atoms with van der Waals surface area (Å²) in [5.74, 6) is 0.572. The van der Waals surface area contributed by atoms with E-state index in [1.165, 1.54) is 44.1 Å². The van der Waals surface area contributed by atoms with Crippen molar-refractivity contribution >= 4 is 21.8 Å². The van der Waals surface area contributed by atoms with Gasteiger partial charge in [0.2, 0.25) is 0 Å². The zero-order chi connectivity index (χ0) is 29.8. The maximum Gasteiger partial charge on any atom is 0.0391 e. The smallest absolute Gasteiger partial charge is 0.0391 e. The van der Waals surface area contributed by atoms with E-state index in [-0.39, 0.29) is 20.1 Å². The molecule has 3 aromatic heterocycles. The van der Waals surface area contributed by atoms with Gasteiger partial charge in [0.05, 0.1) is 0 Å². The molecule has 0 fully saturated rings. The van der Waals surface area contributed by atoms with Crippen LogP contribution in [0, 0.1) is 31.9 Å². The van der Waals surface area contributed by atoms with E-state index in [2.05, 4.69) is 115 Å².